The molecule has 0 saturated heterocycles. The third-order valence-electron chi connectivity index (χ3n) is 2.78. The highest BCUT2D eigenvalue weighted by molar-refractivity contribution is 8.00. The van der Waals surface area contributed by atoms with Crippen molar-refractivity contribution in [3.8, 4) is 0 Å². The summed E-state index contributed by atoms with van der Waals surface area (Å²) in [5, 5.41) is 0. The van der Waals surface area contributed by atoms with Gasteiger partial charge in [0.1, 0.15) is 0 Å². The van der Waals surface area contributed by atoms with Crippen molar-refractivity contribution in [2.24, 2.45) is 0 Å². The molecule has 0 spiro atoms. The molecular weight excluding hydrogens is 200 g/mol. The Balaban J connectivity index is 2.88. The fourth-order valence-corrected chi connectivity index (χ4v) is 2.74. The van der Waals surface area contributed by atoms with E-state index in [9.17, 15) is 0 Å². The first kappa shape index (κ1) is 12.6. The lowest BCUT2D eigenvalue weighted by molar-refractivity contribution is 0.778. The van der Waals surface area contributed by atoms with Crippen LogP contribution >= 0.6 is 11.8 Å². The molecule has 15 heavy (non-hydrogen) atoms. The van der Waals surface area contributed by atoms with E-state index in [1.165, 1.54) is 16.9 Å². The van der Waals surface area contributed by atoms with Gasteiger partial charge >= 0.3 is 0 Å². The van der Waals surface area contributed by atoms with E-state index in [-0.39, 0.29) is 4.75 Å². The number of hydrogen-bond acceptors (Lipinski definition) is 1. The second-order valence-corrected chi connectivity index (χ2v) is 6.61. The second-order valence-electron chi connectivity index (χ2n) is 4.72. The highest BCUT2D eigenvalue weighted by atomic mass is 32.2. The molecule has 0 aliphatic rings. The molecule has 0 aliphatic heterocycles. The monoisotopic (exact) mass is 222 g/mol. The molecular formula is C14H22S. The zero-order chi connectivity index (χ0) is 11.5. The zero-order valence-electron chi connectivity index (χ0n) is 10.5. The lowest BCUT2D eigenvalue weighted by Gasteiger charge is -2.24. The van der Waals surface area contributed by atoms with Crippen LogP contribution in [0.1, 0.15) is 51.7 Å². The third-order valence-corrected chi connectivity index (χ3v) is 4.02. The van der Waals surface area contributed by atoms with Crippen LogP contribution in [0, 0.1) is 0 Å². The van der Waals surface area contributed by atoms with E-state index < -0.39 is 0 Å². The van der Waals surface area contributed by atoms with Crippen molar-refractivity contribution < 1.29 is 0 Å². The van der Waals surface area contributed by atoms with Crippen molar-refractivity contribution in [2.45, 2.75) is 45.3 Å². The quantitative estimate of drug-likeness (QED) is 0.705. The topological polar surface area (TPSA) is 0 Å². The average molecular weight is 222 g/mol. The molecule has 0 amide bonds. The molecule has 0 aliphatic carbocycles. The van der Waals surface area contributed by atoms with Crippen LogP contribution < -0.4 is 0 Å². The molecule has 0 heterocycles. The van der Waals surface area contributed by atoms with Gasteiger partial charge in [-0.2, -0.15) is 11.8 Å². The maximum atomic E-state index is 2.30. The van der Waals surface area contributed by atoms with Crippen molar-refractivity contribution in [1.82, 2.24) is 0 Å². The SMILES string of the molecule is CCSC(C)(C)c1ccc(C(C)C)cc1. The Morgan fingerprint density at radius 1 is 1.13 bits per heavy atom. The van der Waals surface area contributed by atoms with Crippen molar-refractivity contribution >= 4 is 11.8 Å². The van der Waals surface area contributed by atoms with Crippen LogP contribution in [0.25, 0.3) is 0 Å². The number of thioether (sulfide) groups is 1. The standard InChI is InChI=1S/C14H22S/c1-6-15-14(4,5)13-9-7-12(8-10-13)11(2)3/h7-11H,6H2,1-5H3. The van der Waals surface area contributed by atoms with Crippen LogP contribution in [0.3, 0.4) is 0 Å². The van der Waals surface area contributed by atoms with Crippen LogP contribution in [-0.2, 0) is 4.75 Å². The van der Waals surface area contributed by atoms with Gasteiger partial charge in [-0.1, -0.05) is 45.0 Å². The van der Waals surface area contributed by atoms with Gasteiger partial charge in [0, 0.05) is 4.75 Å². The van der Waals surface area contributed by atoms with Gasteiger partial charge in [-0.15, -0.1) is 0 Å². The molecule has 1 aromatic rings. The first-order valence-corrected chi connectivity index (χ1v) is 6.70. The molecule has 1 heteroatoms. The van der Waals surface area contributed by atoms with E-state index in [0.717, 1.165) is 0 Å². The fourth-order valence-electron chi connectivity index (χ4n) is 1.71. The maximum absolute atomic E-state index is 2.30. The number of rotatable bonds is 4. The summed E-state index contributed by atoms with van der Waals surface area (Å²) in [7, 11) is 0. The highest BCUT2D eigenvalue weighted by Gasteiger charge is 2.19. The Morgan fingerprint density at radius 3 is 2.07 bits per heavy atom. The van der Waals surface area contributed by atoms with E-state index in [4.69, 9.17) is 0 Å². The van der Waals surface area contributed by atoms with Gasteiger partial charge in [-0.3, -0.25) is 0 Å². The van der Waals surface area contributed by atoms with Gasteiger partial charge in [0.15, 0.2) is 0 Å². The molecule has 0 nitrogen and oxygen atoms in total. The lowest BCUT2D eigenvalue weighted by Crippen LogP contribution is -2.12. The van der Waals surface area contributed by atoms with Gasteiger partial charge in [0.2, 0.25) is 0 Å². The molecule has 1 aromatic carbocycles. The molecule has 84 valence electrons. The van der Waals surface area contributed by atoms with Crippen LogP contribution in [-0.4, -0.2) is 5.75 Å². The lowest BCUT2D eigenvalue weighted by atomic mass is 9.97. The minimum Gasteiger partial charge on any atom is -0.151 e. The van der Waals surface area contributed by atoms with Gasteiger partial charge in [0.05, 0.1) is 0 Å². The predicted molar refractivity (Wildman–Crippen MR) is 71.7 cm³/mol. The van der Waals surface area contributed by atoms with Gasteiger partial charge in [-0.25, -0.2) is 0 Å². The molecule has 0 fully saturated rings. The van der Waals surface area contributed by atoms with Crippen LogP contribution in [0.15, 0.2) is 24.3 Å². The van der Waals surface area contributed by atoms with E-state index >= 15 is 0 Å². The van der Waals surface area contributed by atoms with Gasteiger partial charge in [-0.05, 0) is 36.6 Å². The summed E-state index contributed by atoms with van der Waals surface area (Å²) in [6, 6.07) is 9.08. The van der Waals surface area contributed by atoms with Crippen molar-refractivity contribution in [2.75, 3.05) is 5.75 Å². The van der Waals surface area contributed by atoms with E-state index in [1.54, 1.807) is 0 Å². The second kappa shape index (κ2) is 5.07. The Kier molecular flexibility index (Phi) is 4.27. The smallest absolute Gasteiger partial charge is 0.0352 e. The molecule has 0 N–H and O–H groups in total. The molecule has 0 bridgehead atoms. The third kappa shape index (κ3) is 3.27. The average Bonchev–Trinajstić information content (AvgIpc) is 2.18. The molecule has 0 aromatic heterocycles. The molecule has 0 unspecified atom stereocenters. The summed E-state index contributed by atoms with van der Waals surface area (Å²) in [5.74, 6) is 1.79. The van der Waals surface area contributed by atoms with Crippen molar-refractivity contribution in [1.29, 1.82) is 0 Å². The fraction of sp³-hybridized carbons (Fsp3) is 0.571. The highest BCUT2D eigenvalue weighted by Crippen LogP contribution is 2.35. The Bertz CT molecular complexity index is 296. The molecule has 0 atom stereocenters. The Morgan fingerprint density at radius 2 is 1.67 bits per heavy atom. The van der Waals surface area contributed by atoms with Crippen LogP contribution in [0.4, 0.5) is 0 Å². The predicted octanol–water partition coefficient (Wildman–Crippen LogP) is 4.80. The normalized spacial score (nSPS) is 12.1. The molecule has 0 saturated carbocycles. The molecule has 1 rings (SSSR count). The van der Waals surface area contributed by atoms with Crippen molar-refractivity contribution in [3.05, 3.63) is 35.4 Å². The van der Waals surface area contributed by atoms with Gasteiger partial charge < -0.3 is 0 Å². The first-order valence-electron chi connectivity index (χ1n) is 5.71. The minimum absolute atomic E-state index is 0.240. The van der Waals surface area contributed by atoms with E-state index in [1.807, 2.05) is 11.8 Å². The van der Waals surface area contributed by atoms with Crippen LogP contribution in [0.2, 0.25) is 0 Å². The maximum Gasteiger partial charge on any atom is 0.0352 e. The summed E-state index contributed by atoms with van der Waals surface area (Å²) in [4.78, 5) is 0. The number of benzene rings is 1. The summed E-state index contributed by atoms with van der Waals surface area (Å²) in [6.07, 6.45) is 0. The van der Waals surface area contributed by atoms with Crippen LogP contribution in [0.5, 0.6) is 0 Å². The molecule has 0 radical (unpaired) electrons. The summed E-state index contributed by atoms with van der Waals surface area (Å²) in [6.45, 7) is 11.3. The summed E-state index contributed by atoms with van der Waals surface area (Å²) < 4.78 is 0.240. The van der Waals surface area contributed by atoms with Gasteiger partial charge in [0.25, 0.3) is 0 Å². The Labute approximate surface area is 98.5 Å². The zero-order valence-corrected chi connectivity index (χ0v) is 11.3. The summed E-state index contributed by atoms with van der Waals surface area (Å²) in [5.41, 5.74) is 2.86. The summed E-state index contributed by atoms with van der Waals surface area (Å²) >= 11 is 2.00. The minimum atomic E-state index is 0.240. The largest absolute Gasteiger partial charge is 0.151 e. The van der Waals surface area contributed by atoms with E-state index in [2.05, 4.69) is 58.9 Å². The van der Waals surface area contributed by atoms with Crippen molar-refractivity contribution in [3.63, 3.8) is 0 Å². The first-order chi connectivity index (χ1) is 6.97. The van der Waals surface area contributed by atoms with E-state index in [0.29, 0.717) is 5.92 Å². The Hall–Kier alpha value is -0.430. The number of hydrogen-bond donors (Lipinski definition) is 0.